The zero-order chi connectivity index (χ0) is 5.49. The minimum Gasteiger partial charge on any atom is -0.367 e. The monoisotopic (exact) mass is 100 g/mol. The topological polar surface area (TPSA) is 47.6 Å². The summed E-state index contributed by atoms with van der Waals surface area (Å²) in [4.78, 5) is 4.60. The molecule has 0 aliphatic carbocycles. The van der Waals surface area contributed by atoms with E-state index in [1.165, 1.54) is 0 Å². The van der Waals surface area contributed by atoms with Crippen molar-refractivity contribution in [3.05, 3.63) is 0 Å². The van der Waals surface area contributed by atoms with Crippen molar-refractivity contribution in [2.45, 2.75) is 19.6 Å². The molecule has 2 N–H and O–H groups in total. The van der Waals surface area contributed by atoms with Crippen molar-refractivity contribution in [1.82, 2.24) is 0 Å². The molecule has 0 aromatic carbocycles. The van der Waals surface area contributed by atoms with Crippen LogP contribution in [0.5, 0.6) is 0 Å². The summed E-state index contributed by atoms with van der Waals surface area (Å²) in [7, 11) is 0. The van der Waals surface area contributed by atoms with Crippen molar-refractivity contribution in [3.63, 3.8) is 0 Å². The van der Waals surface area contributed by atoms with Crippen LogP contribution in [0, 0.1) is 0 Å². The van der Waals surface area contributed by atoms with E-state index in [1.807, 2.05) is 6.92 Å². The van der Waals surface area contributed by atoms with E-state index < -0.39 is 5.72 Å². The van der Waals surface area contributed by atoms with Crippen molar-refractivity contribution >= 4 is 5.71 Å². The highest BCUT2D eigenvalue weighted by molar-refractivity contribution is 5.91. The number of nitrogens with two attached hydrogens (primary N) is 1. The largest absolute Gasteiger partial charge is 0.367 e. The molecule has 0 bridgehead atoms. The fraction of sp³-hybridized carbons (Fsp3) is 0.750. The molecule has 0 radical (unpaired) electrons. The molecule has 0 aromatic heterocycles. The first-order chi connectivity index (χ1) is 3.13. The van der Waals surface area contributed by atoms with Crippen molar-refractivity contribution in [2.24, 2.45) is 10.9 Å². The van der Waals surface area contributed by atoms with Crippen LogP contribution in [0.3, 0.4) is 0 Å². The molecule has 1 aliphatic rings. The van der Waals surface area contributed by atoms with Crippen molar-refractivity contribution < 1.29 is 4.84 Å². The molecule has 3 heteroatoms. The van der Waals surface area contributed by atoms with E-state index in [0.717, 1.165) is 5.71 Å². The summed E-state index contributed by atoms with van der Waals surface area (Å²) < 4.78 is 0. The molecule has 1 aliphatic heterocycles. The third kappa shape index (κ3) is 0.489. The van der Waals surface area contributed by atoms with Crippen LogP contribution in [0.4, 0.5) is 0 Å². The molecule has 0 saturated heterocycles. The number of rotatable bonds is 0. The van der Waals surface area contributed by atoms with E-state index in [4.69, 9.17) is 5.73 Å². The van der Waals surface area contributed by atoms with E-state index in [1.54, 1.807) is 6.92 Å². The Kier molecular flexibility index (Phi) is 0.642. The van der Waals surface area contributed by atoms with Crippen LogP contribution < -0.4 is 5.73 Å². The third-order valence-corrected chi connectivity index (χ3v) is 1.09. The van der Waals surface area contributed by atoms with Crippen LogP contribution in [0.25, 0.3) is 0 Å². The quantitative estimate of drug-likeness (QED) is 0.468. The number of hydrogen-bond donors (Lipinski definition) is 1. The molecule has 1 unspecified atom stereocenters. The van der Waals surface area contributed by atoms with Crippen LogP contribution in [-0.4, -0.2) is 11.4 Å². The molecular weight excluding hydrogens is 92.1 g/mol. The third-order valence-electron chi connectivity index (χ3n) is 1.09. The number of nitrogens with zero attached hydrogens (tertiary/aromatic N) is 1. The molecule has 0 aromatic rings. The van der Waals surface area contributed by atoms with E-state index in [2.05, 4.69) is 9.99 Å². The molecule has 1 heterocycles. The fourth-order valence-corrected chi connectivity index (χ4v) is 0.281. The van der Waals surface area contributed by atoms with Crippen LogP contribution in [0.1, 0.15) is 13.8 Å². The van der Waals surface area contributed by atoms with Gasteiger partial charge in [0.05, 0.1) is 0 Å². The van der Waals surface area contributed by atoms with E-state index in [0.29, 0.717) is 0 Å². The van der Waals surface area contributed by atoms with Gasteiger partial charge in [0.15, 0.2) is 0 Å². The first-order valence-corrected chi connectivity index (χ1v) is 2.15. The molecule has 3 nitrogen and oxygen atoms in total. The van der Waals surface area contributed by atoms with Gasteiger partial charge in [-0.3, -0.25) is 5.73 Å². The maximum Gasteiger partial charge on any atom is 0.225 e. The first kappa shape index (κ1) is 4.59. The summed E-state index contributed by atoms with van der Waals surface area (Å²) in [6.45, 7) is 3.61. The van der Waals surface area contributed by atoms with Crippen LogP contribution in [0.2, 0.25) is 0 Å². The number of oxime groups is 1. The molecule has 0 spiro atoms. The lowest BCUT2D eigenvalue weighted by Gasteiger charge is -2.29. The van der Waals surface area contributed by atoms with Gasteiger partial charge in [0.1, 0.15) is 5.71 Å². The van der Waals surface area contributed by atoms with Gasteiger partial charge in [-0.25, -0.2) is 0 Å². The van der Waals surface area contributed by atoms with Gasteiger partial charge in [-0.2, -0.15) is 0 Å². The second-order valence-electron chi connectivity index (χ2n) is 1.88. The predicted molar refractivity (Wildman–Crippen MR) is 26.8 cm³/mol. The standard InChI is InChI=1S/C4H8N2O/c1-3-4(2,5)7-6-3/h5H2,1-2H3. The molecule has 1 rings (SSSR count). The minimum absolute atomic E-state index is 0.569. The van der Waals surface area contributed by atoms with Gasteiger partial charge in [-0.1, -0.05) is 5.16 Å². The Morgan fingerprint density at radius 1 is 1.86 bits per heavy atom. The molecule has 40 valence electrons. The Bertz CT molecular complexity index is 117. The van der Waals surface area contributed by atoms with E-state index in [9.17, 15) is 0 Å². The summed E-state index contributed by atoms with van der Waals surface area (Å²) in [5.74, 6) is 0. The molecule has 7 heavy (non-hydrogen) atoms. The first-order valence-electron chi connectivity index (χ1n) is 2.15. The average molecular weight is 100 g/mol. The van der Waals surface area contributed by atoms with Crippen molar-refractivity contribution in [1.29, 1.82) is 0 Å². The maximum absolute atomic E-state index is 5.41. The van der Waals surface area contributed by atoms with E-state index in [-0.39, 0.29) is 0 Å². The molecule has 0 fully saturated rings. The van der Waals surface area contributed by atoms with Gasteiger partial charge >= 0.3 is 0 Å². The lowest BCUT2D eigenvalue weighted by molar-refractivity contribution is -0.0154. The summed E-state index contributed by atoms with van der Waals surface area (Å²) >= 11 is 0. The summed E-state index contributed by atoms with van der Waals surface area (Å²) in [6, 6.07) is 0. The second-order valence-corrected chi connectivity index (χ2v) is 1.88. The highest BCUT2D eigenvalue weighted by atomic mass is 16.7. The average Bonchev–Trinajstić information content (AvgIpc) is 1.63. The molecular formula is C4H8N2O. The van der Waals surface area contributed by atoms with Gasteiger partial charge in [0.25, 0.3) is 0 Å². The van der Waals surface area contributed by atoms with Crippen LogP contribution in [0.15, 0.2) is 5.16 Å². The van der Waals surface area contributed by atoms with Crippen LogP contribution in [-0.2, 0) is 4.84 Å². The van der Waals surface area contributed by atoms with Crippen molar-refractivity contribution in [3.8, 4) is 0 Å². The zero-order valence-corrected chi connectivity index (χ0v) is 4.43. The predicted octanol–water partition coefficient (Wildman–Crippen LogP) is 0.0674. The Labute approximate surface area is 42.1 Å². The van der Waals surface area contributed by atoms with Gasteiger partial charge in [0.2, 0.25) is 5.72 Å². The van der Waals surface area contributed by atoms with Gasteiger partial charge in [-0.05, 0) is 13.8 Å². The number of hydrogen-bond acceptors (Lipinski definition) is 3. The van der Waals surface area contributed by atoms with E-state index >= 15 is 0 Å². The Hall–Kier alpha value is -0.570. The maximum atomic E-state index is 5.41. The fourth-order valence-electron chi connectivity index (χ4n) is 0.281. The highest BCUT2D eigenvalue weighted by Crippen LogP contribution is 2.14. The smallest absolute Gasteiger partial charge is 0.225 e. The lowest BCUT2D eigenvalue weighted by Crippen LogP contribution is -2.51. The van der Waals surface area contributed by atoms with Gasteiger partial charge in [-0.15, -0.1) is 0 Å². The minimum atomic E-state index is -0.569. The second kappa shape index (κ2) is 0.980. The lowest BCUT2D eigenvalue weighted by atomic mass is 10.1. The SMILES string of the molecule is CC1=NOC1(C)N. The summed E-state index contributed by atoms with van der Waals surface area (Å²) in [6.07, 6.45) is 0. The Morgan fingerprint density at radius 3 is 2.29 bits per heavy atom. The normalized spacial score (nSPS) is 38.4. The molecule has 1 atom stereocenters. The zero-order valence-electron chi connectivity index (χ0n) is 4.43. The van der Waals surface area contributed by atoms with Crippen molar-refractivity contribution in [2.75, 3.05) is 0 Å². The van der Waals surface area contributed by atoms with Crippen LogP contribution >= 0.6 is 0 Å². The van der Waals surface area contributed by atoms with Gasteiger partial charge < -0.3 is 4.84 Å². The van der Waals surface area contributed by atoms with Gasteiger partial charge in [0, 0.05) is 0 Å². The highest BCUT2D eigenvalue weighted by Gasteiger charge is 2.32. The summed E-state index contributed by atoms with van der Waals surface area (Å²) in [5, 5.41) is 3.51. The molecule has 0 saturated carbocycles. The summed E-state index contributed by atoms with van der Waals surface area (Å²) in [5.41, 5.74) is 5.70. The molecule has 0 amide bonds. The Balaban J connectivity index is 2.68. The Morgan fingerprint density at radius 2 is 2.29 bits per heavy atom.